The molecule has 0 rings (SSSR count). The van der Waals surface area contributed by atoms with E-state index in [0.717, 1.165) is 0 Å². The van der Waals surface area contributed by atoms with Gasteiger partial charge in [-0.05, 0) is 0 Å². The summed E-state index contributed by atoms with van der Waals surface area (Å²) < 4.78 is 52.0. The molecule has 18 nitrogen and oxygen atoms in total. The van der Waals surface area contributed by atoms with Gasteiger partial charge >= 0.3 is 289 Å². The van der Waals surface area contributed by atoms with E-state index in [4.69, 9.17) is 39.1 Å². The summed E-state index contributed by atoms with van der Waals surface area (Å²) in [6.45, 7) is -3.99. The van der Waals surface area contributed by atoms with Gasteiger partial charge < -0.3 is 70.2 Å². The van der Waals surface area contributed by atoms with Crippen LogP contribution < -0.4 is 236 Å². The third kappa shape index (κ3) is 21.1. The number of hydrogen-bond acceptors (Lipinski definition) is 10. The van der Waals surface area contributed by atoms with E-state index in [2.05, 4.69) is 9.47 Å². The molecule has 0 aliphatic heterocycles. The first-order valence-corrected chi connectivity index (χ1v) is 12.9. The van der Waals surface area contributed by atoms with E-state index >= 15 is 0 Å². The molecule has 188 valence electrons. The molecule has 0 aliphatic rings. The second-order valence-corrected chi connectivity index (χ2v) is 13.2. The topological polar surface area (TPSA) is 323 Å². The van der Waals surface area contributed by atoms with Crippen LogP contribution in [0.25, 0.3) is 0 Å². The fraction of sp³-hybridized carbons (Fsp3) is 0.714. The third-order valence-corrected chi connectivity index (χ3v) is 10.4. The fourth-order valence-electron chi connectivity index (χ4n) is 1.25. The molecule has 30 heteroatoms. The average molecular weight is 704 g/mol. The Bertz CT molecular complexity index is 767. The van der Waals surface area contributed by atoms with Crippen LogP contribution in [-0.4, -0.2) is 84.7 Å². The van der Waals surface area contributed by atoms with Gasteiger partial charge in [0.25, 0.3) is 0 Å². The minimum atomic E-state index is -5.98. The number of ether oxygens (including phenoxy) is 2. The monoisotopic (exact) mass is 704 g/mol. The van der Waals surface area contributed by atoms with E-state index < -0.39 is 72.1 Å². The second-order valence-electron chi connectivity index (χ2n) is 5.22. The van der Waals surface area contributed by atoms with Crippen molar-refractivity contribution in [3.05, 3.63) is 0 Å². The van der Waals surface area contributed by atoms with Gasteiger partial charge in [0.15, 0.2) is 0 Å². The predicted molar refractivity (Wildman–Crippen MR) is 93.5 cm³/mol. The fourth-order valence-corrected chi connectivity index (χ4v) is 4.90. The van der Waals surface area contributed by atoms with Crippen molar-refractivity contribution in [1.82, 2.24) is 0 Å². The number of carbonyl (C=O) groups excluding carboxylic acids is 2. The quantitative estimate of drug-likeness (QED) is 0.0437. The van der Waals surface area contributed by atoms with Crippen LogP contribution in [0.4, 0.5) is 0 Å². The zero-order valence-electron chi connectivity index (χ0n) is 29.6. The molecule has 0 spiro atoms. The Labute approximate surface area is 398 Å². The summed E-state index contributed by atoms with van der Waals surface area (Å²) in [4.78, 5) is 93.2. The molecule has 0 saturated heterocycles. The van der Waals surface area contributed by atoms with Crippen LogP contribution in [0.2, 0.25) is 0 Å². The van der Waals surface area contributed by atoms with Gasteiger partial charge in [0.05, 0.1) is 0 Å². The zero-order chi connectivity index (χ0) is 23.7. The molecule has 0 amide bonds. The normalized spacial score (nSPS) is 11.3. The summed E-state index contributed by atoms with van der Waals surface area (Å²) in [5.41, 5.74) is 0. The Kier molecular flexibility index (Phi) is 47.7. The minimum Gasteiger partial charge on any atom is -1.00 e. The van der Waals surface area contributed by atoms with Gasteiger partial charge in [-0.3, -0.25) is 27.8 Å². The molecule has 0 bridgehead atoms. The molecule has 0 radical (unpaired) electrons. The van der Waals surface area contributed by atoms with E-state index in [1.807, 2.05) is 0 Å². The van der Waals surface area contributed by atoms with E-state index in [1.165, 1.54) is 0 Å². The Morgan fingerprint density at radius 2 is 0.676 bits per heavy atom. The molecule has 0 atom stereocenters. The van der Waals surface area contributed by atoms with E-state index in [9.17, 15) is 38.1 Å². The van der Waals surface area contributed by atoms with Crippen molar-refractivity contribution in [1.29, 1.82) is 0 Å². The summed E-state index contributed by atoms with van der Waals surface area (Å²) in [5.74, 6) is -3.68. The van der Waals surface area contributed by atoms with Crippen molar-refractivity contribution < 1.29 is 335 Å². The maximum Gasteiger partial charge on any atom is 1.00 e. The summed E-state index contributed by atoms with van der Waals surface area (Å²) >= 11 is 0. The molecule has 0 aromatic carbocycles. The molecular weight excluding hydrogens is 680 g/mol. The largest absolute Gasteiger partial charge is 1.00 e. The summed E-state index contributed by atoms with van der Waals surface area (Å²) in [6, 6.07) is 0. The van der Waals surface area contributed by atoms with E-state index in [1.54, 1.807) is 0 Å². The van der Waals surface area contributed by atoms with E-state index in [0.29, 0.717) is 0 Å². The van der Waals surface area contributed by atoms with Gasteiger partial charge in [0, 0.05) is 0 Å². The van der Waals surface area contributed by atoms with Crippen LogP contribution in [0, 0.1) is 0 Å². The average Bonchev–Trinajstić information content (AvgIpc) is 2.45. The first-order chi connectivity index (χ1) is 12.5. The molecular formula is C7H24Na8O18P4. The Hall–Kier alpha value is 7.46. The maximum absolute atomic E-state index is 11.4. The number of rotatable bonds is 10. The van der Waals surface area contributed by atoms with Crippen molar-refractivity contribution >= 4 is 42.3 Å². The van der Waals surface area contributed by atoms with Crippen molar-refractivity contribution in [2.75, 3.05) is 13.2 Å². The summed E-state index contributed by atoms with van der Waals surface area (Å²) in [7, 11) is -23.9. The number of esters is 2. The first kappa shape index (κ1) is 66.8. The van der Waals surface area contributed by atoms with Gasteiger partial charge in [0.2, 0.25) is 0 Å². The zero-order valence-corrected chi connectivity index (χ0v) is 41.2. The molecule has 0 heterocycles. The van der Waals surface area contributed by atoms with Crippen LogP contribution in [0.15, 0.2) is 0 Å². The van der Waals surface area contributed by atoms with E-state index in [-0.39, 0.29) is 248 Å². The molecule has 0 saturated carbocycles. The van der Waals surface area contributed by atoms with Crippen LogP contribution in [0.5, 0.6) is 0 Å². The summed E-state index contributed by atoms with van der Waals surface area (Å²) in [5, 5.41) is 10.6. The molecule has 37 heavy (non-hydrogen) atoms. The van der Waals surface area contributed by atoms with Gasteiger partial charge in [0.1, 0.15) is 19.6 Å². The van der Waals surface area contributed by atoms with Crippen LogP contribution in [-0.2, 0) is 37.3 Å². The smallest absolute Gasteiger partial charge is 1.00 e. The van der Waals surface area contributed by atoms with Crippen molar-refractivity contribution in [3.63, 3.8) is 0 Å². The maximum atomic E-state index is 11.4. The van der Waals surface area contributed by atoms with Crippen molar-refractivity contribution in [3.8, 4) is 0 Å². The van der Waals surface area contributed by atoms with Crippen LogP contribution in [0.1, 0.15) is 17.8 Å². The molecule has 0 aromatic heterocycles. The predicted octanol–water partition coefficient (Wildman–Crippen LogP) is -26.6. The van der Waals surface area contributed by atoms with Gasteiger partial charge in [-0.1, -0.05) is 0 Å². The molecule has 0 aromatic rings. The number of hydrogen-bond donors (Lipinski definition) is 10. The standard InChI is InChI=1S/C7H16O18P4.8Na.8H/c8-4(24-2-6(10,26(12,13)14)27(15,16)17)1-5(9)25-3-7(11,28(18,19)20)29(21,22)23;;;;;;;;;;;;;;;;/h10-11H,1-3H2,(H2,12,13,14)(H2,15,16,17)(H2,18,19,20)(H2,21,22,23);;;;;;;;;;;;;;;;/q;8*+1;8*-1. The van der Waals surface area contributed by atoms with Crippen LogP contribution >= 0.6 is 30.4 Å². The number of aliphatic hydroxyl groups is 2. The molecule has 10 N–H and O–H groups in total. The van der Waals surface area contributed by atoms with Crippen LogP contribution in [0.3, 0.4) is 0 Å². The van der Waals surface area contributed by atoms with Gasteiger partial charge in [-0.25, -0.2) is 0 Å². The van der Waals surface area contributed by atoms with Crippen molar-refractivity contribution in [2.24, 2.45) is 0 Å². The number of carbonyl (C=O) groups is 2. The molecule has 0 fully saturated rings. The Morgan fingerprint density at radius 3 is 0.811 bits per heavy atom. The van der Waals surface area contributed by atoms with Crippen molar-refractivity contribution in [2.45, 2.75) is 16.6 Å². The Balaban J connectivity index is -0.0000000327. The molecule has 0 unspecified atom stereocenters. The van der Waals surface area contributed by atoms with Gasteiger partial charge in [-0.15, -0.1) is 0 Å². The van der Waals surface area contributed by atoms with Gasteiger partial charge in [-0.2, -0.15) is 0 Å². The SMILES string of the molecule is O=C(CC(=O)OCC(O)(P(=O)(O)O)P(=O)(O)O)OCC(O)(P(=O)(O)O)P(=O)(O)O.[H-].[H-].[H-].[H-].[H-].[H-].[H-].[H-].[Na+].[Na+].[Na+].[Na+].[Na+].[Na+].[Na+].[Na+]. The second kappa shape index (κ2) is 26.4. The minimum absolute atomic E-state index is 0. The first-order valence-electron chi connectivity index (χ1n) is 6.48. The summed E-state index contributed by atoms with van der Waals surface area (Å²) in [6.07, 6.45) is -1.59. The molecule has 0 aliphatic carbocycles. The Morgan fingerprint density at radius 1 is 0.514 bits per heavy atom. The third-order valence-electron chi connectivity index (χ3n) is 3.01.